The van der Waals surface area contributed by atoms with Crippen LogP contribution in [0.5, 0.6) is 0 Å². The van der Waals surface area contributed by atoms with Gasteiger partial charge in [0.05, 0.1) is 0 Å². The Labute approximate surface area is 131 Å². The summed E-state index contributed by atoms with van der Waals surface area (Å²) in [4.78, 5) is 2.57. The minimum absolute atomic E-state index is 0.167. The molecule has 2 N–H and O–H groups in total. The van der Waals surface area contributed by atoms with Gasteiger partial charge in [-0.25, -0.2) is 0 Å². The van der Waals surface area contributed by atoms with Gasteiger partial charge in [0.15, 0.2) is 0 Å². The van der Waals surface area contributed by atoms with E-state index < -0.39 is 0 Å². The molecule has 1 rings (SSSR count). The zero-order valence-corrected chi connectivity index (χ0v) is 14.4. The van der Waals surface area contributed by atoms with Crippen molar-refractivity contribution in [2.75, 3.05) is 13.1 Å². The van der Waals surface area contributed by atoms with Crippen LogP contribution in [0.4, 0.5) is 0 Å². The molecule has 0 saturated heterocycles. The maximum Gasteiger partial charge on any atom is 0.0354 e. The van der Waals surface area contributed by atoms with E-state index in [4.69, 9.17) is 5.73 Å². The van der Waals surface area contributed by atoms with Crippen molar-refractivity contribution >= 4 is 0 Å². The maximum absolute atomic E-state index is 6.65. The van der Waals surface area contributed by atoms with Crippen molar-refractivity contribution in [3.63, 3.8) is 0 Å². The summed E-state index contributed by atoms with van der Waals surface area (Å²) in [5.41, 5.74) is 8.24. The molecule has 0 saturated carbocycles. The molecule has 120 valence electrons. The monoisotopic (exact) mass is 290 g/mol. The molecule has 0 bridgehead atoms. The molecule has 0 aliphatic carbocycles. The van der Waals surface area contributed by atoms with Gasteiger partial charge < -0.3 is 5.73 Å². The second kappa shape index (κ2) is 9.22. The average molecular weight is 290 g/mol. The van der Waals surface area contributed by atoms with Crippen molar-refractivity contribution in [2.45, 2.75) is 71.4 Å². The molecule has 1 unspecified atom stereocenters. The Hall–Kier alpha value is -0.860. The molecule has 0 amide bonds. The van der Waals surface area contributed by atoms with E-state index in [1.807, 2.05) is 0 Å². The fourth-order valence-corrected chi connectivity index (χ4v) is 3.75. The lowest BCUT2D eigenvalue weighted by molar-refractivity contribution is 0.0593. The van der Waals surface area contributed by atoms with Gasteiger partial charge in [-0.3, -0.25) is 4.90 Å². The second-order valence-electron chi connectivity index (χ2n) is 5.97. The highest BCUT2D eigenvalue weighted by Gasteiger charge is 2.37. The number of nitrogens with zero attached hydrogens (tertiary/aromatic N) is 1. The first-order valence-corrected chi connectivity index (χ1v) is 8.69. The summed E-state index contributed by atoms with van der Waals surface area (Å²) in [6, 6.07) is 11.0. The SMILES string of the molecule is CCN(CC)C(CC)(CC)C(N)CCCc1ccccc1. The van der Waals surface area contributed by atoms with E-state index in [2.05, 4.69) is 62.9 Å². The van der Waals surface area contributed by atoms with Crippen LogP contribution in [0, 0.1) is 0 Å². The Balaban J connectivity index is 2.62. The van der Waals surface area contributed by atoms with Gasteiger partial charge in [0.2, 0.25) is 0 Å². The number of hydrogen-bond donors (Lipinski definition) is 1. The zero-order valence-electron chi connectivity index (χ0n) is 14.4. The number of likely N-dealkylation sites (N-methyl/N-ethyl adjacent to an activating group) is 1. The molecule has 0 spiro atoms. The first kappa shape index (κ1) is 18.2. The molecule has 0 aliphatic heterocycles. The topological polar surface area (TPSA) is 29.3 Å². The normalized spacial score (nSPS) is 13.6. The van der Waals surface area contributed by atoms with E-state index >= 15 is 0 Å². The highest BCUT2D eigenvalue weighted by atomic mass is 15.2. The Morgan fingerprint density at radius 1 is 1.00 bits per heavy atom. The van der Waals surface area contributed by atoms with Crippen LogP contribution in [0.15, 0.2) is 30.3 Å². The van der Waals surface area contributed by atoms with Gasteiger partial charge in [-0.1, -0.05) is 58.0 Å². The molecule has 0 radical (unpaired) electrons. The van der Waals surface area contributed by atoms with Crippen molar-refractivity contribution in [3.8, 4) is 0 Å². The van der Waals surface area contributed by atoms with E-state index in [0.717, 1.165) is 38.8 Å². The Kier molecular flexibility index (Phi) is 7.98. The third kappa shape index (κ3) is 4.55. The van der Waals surface area contributed by atoms with Gasteiger partial charge in [-0.15, -0.1) is 0 Å². The van der Waals surface area contributed by atoms with Crippen LogP contribution in [0.3, 0.4) is 0 Å². The first-order chi connectivity index (χ1) is 10.1. The highest BCUT2D eigenvalue weighted by Crippen LogP contribution is 2.29. The lowest BCUT2D eigenvalue weighted by Gasteiger charge is -2.46. The summed E-state index contributed by atoms with van der Waals surface area (Å²) >= 11 is 0. The zero-order chi connectivity index (χ0) is 15.7. The van der Waals surface area contributed by atoms with Crippen LogP contribution in [0.25, 0.3) is 0 Å². The van der Waals surface area contributed by atoms with E-state index in [9.17, 15) is 0 Å². The summed E-state index contributed by atoms with van der Waals surface area (Å²) in [7, 11) is 0. The molecule has 0 heterocycles. The van der Waals surface area contributed by atoms with Crippen LogP contribution in [-0.4, -0.2) is 29.6 Å². The standard InChI is InChI=1S/C19H34N2/c1-5-19(6-2,21(7-3)8-4)18(20)16-12-15-17-13-10-9-11-14-17/h9-11,13-14,18H,5-8,12,15-16,20H2,1-4H3. The molecule has 0 aliphatic rings. The van der Waals surface area contributed by atoms with Crippen LogP contribution < -0.4 is 5.73 Å². The van der Waals surface area contributed by atoms with Crippen molar-refractivity contribution < 1.29 is 0 Å². The molecule has 0 fully saturated rings. The highest BCUT2D eigenvalue weighted by molar-refractivity contribution is 5.14. The van der Waals surface area contributed by atoms with Crippen LogP contribution >= 0.6 is 0 Å². The summed E-state index contributed by atoms with van der Waals surface area (Å²) in [6.07, 6.45) is 5.69. The van der Waals surface area contributed by atoms with Crippen molar-refractivity contribution in [1.82, 2.24) is 4.90 Å². The fraction of sp³-hybridized carbons (Fsp3) is 0.684. The van der Waals surface area contributed by atoms with Gasteiger partial charge >= 0.3 is 0 Å². The number of rotatable bonds is 10. The Bertz CT molecular complexity index is 366. The summed E-state index contributed by atoms with van der Waals surface area (Å²) < 4.78 is 0. The third-order valence-electron chi connectivity index (χ3n) is 5.13. The number of aryl methyl sites for hydroxylation is 1. The average Bonchev–Trinajstić information content (AvgIpc) is 2.53. The van der Waals surface area contributed by atoms with Crippen molar-refractivity contribution in [2.24, 2.45) is 5.73 Å². The lowest BCUT2D eigenvalue weighted by Crippen LogP contribution is -2.59. The largest absolute Gasteiger partial charge is 0.326 e. The molecule has 1 aromatic rings. The summed E-state index contributed by atoms with van der Waals surface area (Å²) in [5, 5.41) is 0. The van der Waals surface area contributed by atoms with E-state index in [0.29, 0.717) is 0 Å². The van der Waals surface area contributed by atoms with E-state index in [1.165, 1.54) is 12.0 Å². The van der Waals surface area contributed by atoms with Gasteiger partial charge in [-0.05, 0) is 50.8 Å². The lowest BCUT2D eigenvalue weighted by atomic mass is 9.80. The molecule has 1 atom stereocenters. The summed E-state index contributed by atoms with van der Waals surface area (Å²) in [6.45, 7) is 11.3. The first-order valence-electron chi connectivity index (χ1n) is 8.69. The van der Waals surface area contributed by atoms with Gasteiger partial charge in [0, 0.05) is 11.6 Å². The fourth-order valence-electron chi connectivity index (χ4n) is 3.75. The second-order valence-corrected chi connectivity index (χ2v) is 5.97. The van der Waals surface area contributed by atoms with Crippen molar-refractivity contribution in [3.05, 3.63) is 35.9 Å². The predicted octanol–water partition coefficient (Wildman–Crippen LogP) is 4.24. The van der Waals surface area contributed by atoms with E-state index in [1.54, 1.807) is 0 Å². The summed E-state index contributed by atoms with van der Waals surface area (Å²) in [5.74, 6) is 0. The molecule has 2 nitrogen and oxygen atoms in total. The van der Waals surface area contributed by atoms with Gasteiger partial charge in [0.25, 0.3) is 0 Å². The molecular weight excluding hydrogens is 256 g/mol. The van der Waals surface area contributed by atoms with Crippen LogP contribution in [-0.2, 0) is 6.42 Å². The molecule has 1 aromatic carbocycles. The predicted molar refractivity (Wildman–Crippen MR) is 93.6 cm³/mol. The van der Waals surface area contributed by atoms with Crippen molar-refractivity contribution in [1.29, 1.82) is 0 Å². The van der Waals surface area contributed by atoms with Crippen LogP contribution in [0.2, 0.25) is 0 Å². The minimum Gasteiger partial charge on any atom is -0.326 e. The van der Waals surface area contributed by atoms with E-state index in [-0.39, 0.29) is 11.6 Å². The number of benzene rings is 1. The van der Waals surface area contributed by atoms with Gasteiger partial charge in [0.1, 0.15) is 0 Å². The van der Waals surface area contributed by atoms with Crippen LogP contribution in [0.1, 0.15) is 58.9 Å². The van der Waals surface area contributed by atoms with Gasteiger partial charge in [-0.2, -0.15) is 0 Å². The quantitative estimate of drug-likeness (QED) is 0.698. The Morgan fingerprint density at radius 3 is 2.05 bits per heavy atom. The molecule has 0 aromatic heterocycles. The molecular formula is C19H34N2. The maximum atomic E-state index is 6.65. The smallest absolute Gasteiger partial charge is 0.0354 e. The third-order valence-corrected chi connectivity index (χ3v) is 5.13. The number of nitrogens with two attached hydrogens (primary N) is 1. The molecule has 2 heteroatoms. The Morgan fingerprint density at radius 2 is 1.57 bits per heavy atom. The number of hydrogen-bond acceptors (Lipinski definition) is 2. The molecule has 21 heavy (non-hydrogen) atoms. The minimum atomic E-state index is 0.167.